The van der Waals surface area contributed by atoms with Gasteiger partial charge in [-0.25, -0.2) is 4.98 Å². The number of fused-ring (bicyclic) bond motifs is 1. The summed E-state index contributed by atoms with van der Waals surface area (Å²) in [5.41, 5.74) is 9.41. The molecule has 0 saturated carbocycles. The van der Waals surface area contributed by atoms with Crippen molar-refractivity contribution < 1.29 is 4.79 Å². The lowest BCUT2D eigenvalue weighted by Gasteiger charge is -2.16. The van der Waals surface area contributed by atoms with E-state index < -0.39 is 0 Å². The highest BCUT2D eigenvalue weighted by molar-refractivity contribution is 6.06. The molecule has 0 atom stereocenters. The Morgan fingerprint density at radius 3 is 2.60 bits per heavy atom. The quantitative estimate of drug-likeness (QED) is 0.335. The smallest absolute Gasteiger partial charge is 0.247 e. The molecule has 1 amide bonds. The largest absolute Gasteiger partial charge is 0.339 e. The molecule has 4 heterocycles. The Bertz CT molecular complexity index is 1580. The van der Waals surface area contributed by atoms with Crippen molar-refractivity contribution in [2.24, 2.45) is 7.05 Å². The number of amides is 1. The second kappa shape index (κ2) is 8.72. The van der Waals surface area contributed by atoms with Gasteiger partial charge in [0.2, 0.25) is 5.91 Å². The van der Waals surface area contributed by atoms with E-state index in [1.165, 1.54) is 6.08 Å². The topological polar surface area (TPSA) is 93.4 Å². The summed E-state index contributed by atoms with van der Waals surface area (Å²) in [5.74, 6) is -0.239. The molecule has 0 spiro atoms. The van der Waals surface area contributed by atoms with E-state index in [1.54, 1.807) is 4.68 Å². The maximum absolute atomic E-state index is 12.2. The summed E-state index contributed by atoms with van der Waals surface area (Å²) in [4.78, 5) is 20.4. The molecular weight excluding hydrogens is 438 g/mol. The van der Waals surface area contributed by atoms with Crippen LogP contribution in [0.5, 0.6) is 0 Å². The van der Waals surface area contributed by atoms with E-state index in [9.17, 15) is 4.79 Å². The number of H-pyrrole nitrogens is 1. The van der Waals surface area contributed by atoms with Crippen LogP contribution in [-0.2, 0) is 18.4 Å². The normalized spacial score (nSPS) is 11.2. The first-order chi connectivity index (χ1) is 16.9. The molecule has 2 N–H and O–H groups in total. The number of aromatic nitrogens is 6. The van der Waals surface area contributed by atoms with Crippen LogP contribution in [0.4, 0.5) is 5.69 Å². The van der Waals surface area contributed by atoms with Crippen molar-refractivity contribution in [2.75, 3.05) is 5.32 Å². The number of anilines is 1. The van der Waals surface area contributed by atoms with Gasteiger partial charge in [-0.15, -0.1) is 0 Å². The molecule has 0 radical (unpaired) electrons. The first kappa shape index (κ1) is 22.3. The predicted octanol–water partition coefficient (Wildman–Crippen LogP) is 5.26. The minimum absolute atomic E-state index is 0.239. The lowest BCUT2D eigenvalue weighted by molar-refractivity contribution is -0.111. The Balaban J connectivity index is 1.78. The fourth-order valence-corrected chi connectivity index (χ4v) is 4.45. The zero-order valence-electron chi connectivity index (χ0n) is 20.3. The predicted molar refractivity (Wildman–Crippen MR) is 139 cm³/mol. The molecule has 5 aromatic rings. The molecule has 8 heteroatoms. The van der Waals surface area contributed by atoms with Crippen LogP contribution >= 0.6 is 0 Å². The van der Waals surface area contributed by atoms with Crippen molar-refractivity contribution in [1.82, 2.24) is 29.5 Å². The van der Waals surface area contributed by atoms with Crippen LogP contribution in [-0.4, -0.2) is 35.4 Å². The number of aryl methyl sites for hydroxylation is 3. The number of carbonyl (C=O) groups excluding carboxylic acids is 1. The fraction of sp³-hybridized carbons (Fsp3) is 0.185. The van der Waals surface area contributed by atoms with Crippen LogP contribution in [0.1, 0.15) is 18.1 Å². The molecule has 0 bridgehead atoms. The van der Waals surface area contributed by atoms with Gasteiger partial charge in [0.15, 0.2) is 0 Å². The summed E-state index contributed by atoms with van der Waals surface area (Å²) in [7, 11) is 1.90. The molecular formula is C27H27N7O. The first-order valence-electron chi connectivity index (χ1n) is 11.5. The number of hydrogen-bond acceptors (Lipinski definition) is 4. The molecule has 0 saturated heterocycles. The number of benzene rings is 1. The third-order valence-electron chi connectivity index (χ3n) is 6.31. The van der Waals surface area contributed by atoms with Crippen LogP contribution in [0.25, 0.3) is 44.5 Å². The van der Waals surface area contributed by atoms with Crippen LogP contribution in [0.3, 0.4) is 0 Å². The number of aromatic amines is 1. The van der Waals surface area contributed by atoms with Crippen LogP contribution < -0.4 is 5.32 Å². The fourth-order valence-electron chi connectivity index (χ4n) is 4.45. The summed E-state index contributed by atoms with van der Waals surface area (Å²) >= 11 is 0. The van der Waals surface area contributed by atoms with E-state index in [2.05, 4.69) is 46.1 Å². The molecule has 0 aliphatic heterocycles. The Morgan fingerprint density at radius 2 is 1.91 bits per heavy atom. The highest BCUT2D eigenvalue weighted by Crippen LogP contribution is 2.42. The highest BCUT2D eigenvalue weighted by Gasteiger charge is 2.21. The minimum Gasteiger partial charge on any atom is -0.339 e. The summed E-state index contributed by atoms with van der Waals surface area (Å²) in [6.07, 6.45) is 10.8. The van der Waals surface area contributed by atoms with E-state index in [4.69, 9.17) is 4.98 Å². The number of rotatable bonds is 6. The maximum Gasteiger partial charge on any atom is 0.247 e. The molecule has 8 nitrogen and oxygen atoms in total. The van der Waals surface area contributed by atoms with Crippen molar-refractivity contribution in [1.29, 1.82) is 0 Å². The molecule has 176 valence electrons. The number of nitrogens with one attached hydrogen (secondary N) is 2. The second-order valence-corrected chi connectivity index (χ2v) is 8.61. The summed E-state index contributed by atoms with van der Waals surface area (Å²) in [6.45, 7) is 10.5. The van der Waals surface area contributed by atoms with Crippen molar-refractivity contribution in [3.8, 4) is 33.5 Å². The third-order valence-corrected chi connectivity index (χ3v) is 6.31. The summed E-state index contributed by atoms with van der Waals surface area (Å²) < 4.78 is 3.68. The molecule has 1 aromatic carbocycles. The average Bonchev–Trinajstić information content (AvgIpc) is 3.59. The highest BCUT2D eigenvalue weighted by atomic mass is 16.1. The molecule has 35 heavy (non-hydrogen) atoms. The van der Waals surface area contributed by atoms with Gasteiger partial charge < -0.3 is 10.3 Å². The monoisotopic (exact) mass is 465 g/mol. The Morgan fingerprint density at radius 1 is 1.11 bits per heavy atom. The van der Waals surface area contributed by atoms with Crippen LogP contribution in [0.15, 0.2) is 61.8 Å². The standard InChI is InChI=1S/C27H27N7O/c1-6-23(35)31-25-16(3)8-9-21(17(25)4)24-22-10-18(19-12-30-34(7-2)15-19)11-28-27(22)32-26(24)20-13-29-33(5)14-20/h6,8-15H,1,7H2,2-5H3,(H,28,32)(H,31,35). The SMILES string of the molecule is C=CC(=O)Nc1c(C)ccc(-c2c(-c3cnn(C)c3)[nH]c3ncc(-c4cnn(CC)c4)cc23)c1C. The number of pyridine rings is 1. The Labute approximate surface area is 203 Å². The van der Waals surface area contributed by atoms with Gasteiger partial charge in [-0.05, 0) is 49.6 Å². The minimum atomic E-state index is -0.239. The van der Waals surface area contributed by atoms with Crippen molar-refractivity contribution in [3.63, 3.8) is 0 Å². The van der Waals surface area contributed by atoms with Gasteiger partial charge >= 0.3 is 0 Å². The van der Waals surface area contributed by atoms with E-state index >= 15 is 0 Å². The summed E-state index contributed by atoms with van der Waals surface area (Å²) in [5, 5.41) is 12.8. The van der Waals surface area contributed by atoms with Crippen molar-refractivity contribution in [3.05, 3.63) is 73.0 Å². The van der Waals surface area contributed by atoms with Crippen molar-refractivity contribution in [2.45, 2.75) is 27.3 Å². The molecule has 0 aliphatic rings. The number of carbonyl (C=O) groups is 1. The second-order valence-electron chi connectivity index (χ2n) is 8.61. The van der Waals surface area contributed by atoms with Crippen molar-refractivity contribution >= 4 is 22.6 Å². The maximum atomic E-state index is 12.2. The molecule has 5 rings (SSSR count). The zero-order valence-corrected chi connectivity index (χ0v) is 20.3. The van der Waals surface area contributed by atoms with Gasteiger partial charge in [-0.3, -0.25) is 14.2 Å². The van der Waals surface area contributed by atoms with Gasteiger partial charge in [0, 0.05) is 65.5 Å². The number of hydrogen-bond donors (Lipinski definition) is 2. The van der Waals surface area contributed by atoms with E-state index in [0.29, 0.717) is 0 Å². The third kappa shape index (κ3) is 3.93. The van der Waals surface area contributed by atoms with E-state index in [1.807, 2.05) is 62.6 Å². The average molecular weight is 466 g/mol. The molecule has 0 unspecified atom stereocenters. The van der Waals surface area contributed by atoms with Crippen LogP contribution in [0.2, 0.25) is 0 Å². The number of nitrogens with zero attached hydrogens (tertiary/aromatic N) is 5. The van der Waals surface area contributed by atoms with Crippen LogP contribution in [0, 0.1) is 13.8 Å². The van der Waals surface area contributed by atoms with Gasteiger partial charge in [0.1, 0.15) is 5.65 Å². The lowest BCUT2D eigenvalue weighted by atomic mass is 9.93. The lowest BCUT2D eigenvalue weighted by Crippen LogP contribution is -2.10. The Kier molecular flexibility index (Phi) is 5.56. The van der Waals surface area contributed by atoms with Gasteiger partial charge in [-0.2, -0.15) is 10.2 Å². The van der Waals surface area contributed by atoms with Gasteiger partial charge in [0.25, 0.3) is 0 Å². The Hall–Kier alpha value is -4.46. The van der Waals surface area contributed by atoms with E-state index in [0.717, 1.165) is 67.9 Å². The van der Waals surface area contributed by atoms with Gasteiger partial charge in [0.05, 0.1) is 18.1 Å². The first-order valence-corrected chi connectivity index (χ1v) is 11.5. The molecule has 4 aromatic heterocycles. The van der Waals surface area contributed by atoms with Gasteiger partial charge in [-0.1, -0.05) is 18.7 Å². The van der Waals surface area contributed by atoms with E-state index in [-0.39, 0.29) is 5.91 Å². The zero-order chi connectivity index (χ0) is 24.7. The molecule has 0 aliphatic carbocycles. The molecule has 0 fully saturated rings. The summed E-state index contributed by atoms with van der Waals surface area (Å²) in [6, 6.07) is 6.26.